The van der Waals surface area contributed by atoms with Crippen LogP contribution in [-0.4, -0.2) is 46.0 Å². The summed E-state index contributed by atoms with van der Waals surface area (Å²) < 4.78 is 0. The van der Waals surface area contributed by atoms with Crippen molar-refractivity contribution in [2.45, 2.75) is 19.3 Å². The van der Waals surface area contributed by atoms with Crippen molar-refractivity contribution < 1.29 is 24.6 Å². The van der Waals surface area contributed by atoms with Crippen LogP contribution < -0.4 is 0 Å². The number of carbonyl (C=O) groups is 3. The molecular weight excluding hydrogens is 214 g/mol. The van der Waals surface area contributed by atoms with Gasteiger partial charge in [0.2, 0.25) is 11.8 Å². The number of nitrogens with zero attached hydrogens (tertiary/aromatic N) is 1. The number of imide groups is 1. The van der Waals surface area contributed by atoms with Crippen LogP contribution in [0.4, 0.5) is 0 Å². The number of carboxylic acids is 1. The van der Waals surface area contributed by atoms with Crippen molar-refractivity contribution in [1.82, 2.24) is 4.90 Å². The van der Waals surface area contributed by atoms with E-state index < -0.39 is 5.97 Å². The Morgan fingerprint density at radius 1 is 1.38 bits per heavy atom. The number of aliphatic hydroxyl groups excluding tert-OH is 1. The maximum atomic E-state index is 10.9. The number of aliphatic carboxylic acids is 1. The van der Waals surface area contributed by atoms with Gasteiger partial charge in [-0.05, 0) is 6.42 Å². The Labute approximate surface area is 93.2 Å². The van der Waals surface area contributed by atoms with Crippen LogP contribution in [0.1, 0.15) is 19.3 Å². The Morgan fingerprint density at radius 3 is 2.12 bits per heavy atom. The number of hydrogen-bond acceptors (Lipinski definition) is 4. The molecule has 0 radical (unpaired) electrons. The van der Waals surface area contributed by atoms with Crippen LogP contribution in [0.2, 0.25) is 0 Å². The van der Waals surface area contributed by atoms with Gasteiger partial charge in [-0.25, -0.2) is 4.79 Å². The minimum atomic E-state index is -0.981. The molecule has 6 nitrogen and oxygen atoms in total. The molecule has 1 aliphatic heterocycles. The monoisotopic (exact) mass is 229 g/mol. The summed E-state index contributed by atoms with van der Waals surface area (Å²) >= 11 is 0. The second-order valence-corrected chi connectivity index (χ2v) is 3.06. The molecule has 0 aromatic heterocycles. The van der Waals surface area contributed by atoms with Crippen molar-refractivity contribution in [3.63, 3.8) is 0 Å². The number of rotatable bonds is 4. The van der Waals surface area contributed by atoms with E-state index in [0.717, 1.165) is 6.08 Å². The number of carboxylic acid groups (broad SMARTS) is 1. The van der Waals surface area contributed by atoms with E-state index in [1.165, 1.54) is 4.90 Å². The van der Waals surface area contributed by atoms with Crippen LogP contribution in [0.3, 0.4) is 0 Å². The fourth-order valence-corrected chi connectivity index (χ4v) is 1.10. The minimum absolute atomic E-state index is 0.0249. The standard InChI is InChI=1S/C7H11NO3.C3H4O2/c9-5-1-4-8-6(10)2-3-7(8)11;1-2-3(4)5/h9H,1-5H2;2H,1H2,(H,4,5). The minimum Gasteiger partial charge on any atom is -0.478 e. The third-order valence-corrected chi connectivity index (χ3v) is 1.87. The van der Waals surface area contributed by atoms with Gasteiger partial charge in [-0.1, -0.05) is 6.58 Å². The van der Waals surface area contributed by atoms with E-state index in [1.54, 1.807) is 0 Å². The van der Waals surface area contributed by atoms with Gasteiger partial charge in [0.1, 0.15) is 0 Å². The van der Waals surface area contributed by atoms with E-state index in [4.69, 9.17) is 10.2 Å². The number of likely N-dealkylation sites (tertiary alicyclic amines) is 1. The predicted octanol–water partition coefficient (Wildman–Crippen LogP) is -0.225. The molecule has 0 aromatic rings. The van der Waals surface area contributed by atoms with E-state index in [0.29, 0.717) is 25.8 Å². The molecule has 1 heterocycles. The fraction of sp³-hybridized carbons (Fsp3) is 0.500. The molecule has 0 bridgehead atoms. The number of amides is 2. The van der Waals surface area contributed by atoms with Gasteiger partial charge in [0.15, 0.2) is 0 Å². The molecule has 0 atom stereocenters. The summed E-state index contributed by atoms with van der Waals surface area (Å²) in [6, 6.07) is 0. The third kappa shape index (κ3) is 5.26. The zero-order valence-electron chi connectivity index (χ0n) is 8.89. The van der Waals surface area contributed by atoms with Gasteiger partial charge >= 0.3 is 5.97 Å². The molecule has 6 heteroatoms. The van der Waals surface area contributed by atoms with Crippen LogP contribution in [0.5, 0.6) is 0 Å². The molecule has 1 saturated heterocycles. The summed E-state index contributed by atoms with van der Waals surface area (Å²) in [6.45, 7) is 3.35. The van der Waals surface area contributed by atoms with Gasteiger partial charge in [-0.2, -0.15) is 0 Å². The summed E-state index contributed by atoms with van der Waals surface area (Å²) in [5.41, 5.74) is 0. The quantitative estimate of drug-likeness (QED) is 0.513. The average molecular weight is 229 g/mol. The molecular formula is C10H15NO5. The topological polar surface area (TPSA) is 94.9 Å². The Balaban J connectivity index is 0.000000385. The first-order valence-corrected chi connectivity index (χ1v) is 4.82. The maximum absolute atomic E-state index is 10.9. The molecule has 0 aromatic carbocycles. The Hall–Kier alpha value is -1.69. The Bertz CT molecular complexity index is 271. The zero-order valence-corrected chi connectivity index (χ0v) is 8.89. The van der Waals surface area contributed by atoms with Crippen molar-refractivity contribution >= 4 is 17.8 Å². The smallest absolute Gasteiger partial charge is 0.327 e. The van der Waals surface area contributed by atoms with Gasteiger partial charge in [-0.3, -0.25) is 14.5 Å². The van der Waals surface area contributed by atoms with Gasteiger partial charge in [-0.15, -0.1) is 0 Å². The highest BCUT2D eigenvalue weighted by atomic mass is 16.4. The van der Waals surface area contributed by atoms with Crippen molar-refractivity contribution in [1.29, 1.82) is 0 Å². The molecule has 1 rings (SSSR count). The molecule has 1 aliphatic rings. The van der Waals surface area contributed by atoms with Crippen LogP contribution in [-0.2, 0) is 14.4 Å². The second kappa shape index (κ2) is 7.58. The van der Waals surface area contributed by atoms with Crippen molar-refractivity contribution in [3.05, 3.63) is 12.7 Å². The van der Waals surface area contributed by atoms with Gasteiger partial charge in [0, 0.05) is 32.1 Å². The molecule has 0 aliphatic carbocycles. The lowest BCUT2D eigenvalue weighted by Gasteiger charge is -2.11. The van der Waals surface area contributed by atoms with E-state index in [1.807, 2.05) is 0 Å². The van der Waals surface area contributed by atoms with Gasteiger partial charge in [0.25, 0.3) is 0 Å². The van der Waals surface area contributed by atoms with Gasteiger partial charge in [0.05, 0.1) is 0 Å². The van der Waals surface area contributed by atoms with Crippen molar-refractivity contribution in [3.8, 4) is 0 Å². The van der Waals surface area contributed by atoms with Crippen molar-refractivity contribution in [2.24, 2.45) is 0 Å². The first-order valence-electron chi connectivity index (χ1n) is 4.82. The molecule has 0 saturated carbocycles. The number of aliphatic hydroxyl groups is 1. The summed E-state index contributed by atoms with van der Waals surface area (Å²) in [7, 11) is 0. The van der Waals surface area contributed by atoms with E-state index in [-0.39, 0.29) is 18.4 Å². The zero-order chi connectivity index (χ0) is 12.6. The molecule has 90 valence electrons. The van der Waals surface area contributed by atoms with Gasteiger partial charge < -0.3 is 10.2 Å². The van der Waals surface area contributed by atoms with E-state index in [2.05, 4.69) is 6.58 Å². The molecule has 16 heavy (non-hydrogen) atoms. The van der Waals surface area contributed by atoms with E-state index in [9.17, 15) is 14.4 Å². The highest BCUT2D eigenvalue weighted by Gasteiger charge is 2.27. The maximum Gasteiger partial charge on any atom is 0.327 e. The predicted molar refractivity (Wildman–Crippen MR) is 55.5 cm³/mol. The normalized spacial score (nSPS) is 14.4. The highest BCUT2D eigenvalue weighted by molar-refractivity contribution is 6.01. The largest absolute Gasteiger partial charge is 0.478 e. The first-order chi connectivity index (χ1) is 7.52. The van der Waals surface area contributed by atoms with E-state index >= 15 is 0 Å². The summed E-state index contributed by atoms with van der Waals surface area (Å²) in [6.07, 6.45) is 1.99. The molecule has 1 fully saturated rings. The van der Waals surface area contributed by atoms with Crippen LogP contribution in [0.25, 0.3) is 0 Å². The Kier molecular flexibility index (Phi) is 6.78. The van der Waals surface area contributed by atoms with Crippen LogP contribution >= 0.6 is 0 Å². The van der Waals surface area contributed by atoms with Crippen molar-refractivity contribution in [2.75, 3.05) is 13.2 Å². The second-order valence-electron chi connectivity index (χ2n) is 3.06. The SMILES string of the molecule is C=CC(=O)O.O=C1CCC(=O)N1CCCO. The fourth-order valence-electron chi connectivity index (χ4n) is 1.10. The summed E-state index contributed by atoms with van der Waals surface area (Å²) in [5, 5.41) is 16.1. The molecule has 0 spiro atoms. The van der Waals surface area contributed by atoms with Crippen LogP contribution in [0, 0.1) is 0 Å². The van der Waals surface area contributed by atoms with Crippen LogP contribution in [0.15, 0.2) is 12.7 Å². The molecule has 0 unspecified atom stereocenters. The lowest BCUT2D eigenvalue weighted by Crippen LogP contribution is -2.30. The average Bonchev–Trinajstić information content (AvgIpc) is 2.57. The summed E-state index contributed by atoms with van der Waals surface area (Å²) in [5.74, 6) is -1.20. The number of hydrogen-bond donors (Lipinski definition) is 2. The lowest BCUT2D eigenvalue weighted by atomic mass is 10.4. The highest BCUT2D eigenvalue weighted by Crippen LogP contribution is 2.11. The summed E-state index contributed by atoms with van der Waals surface area (Å²) in [4.78, 5) is 32.3. The molecule has 2 amide bonds. The third-order valence-electron chi connectivity index (χ3n) is 1.87. The first kappa shape index (κ1) is 14.3. The Morgan fingerprint density at radius 2 is 1.81 bits per heavy atom. The number of carbonyl (C=O) groups excluding carboxylic acids is 2. The lowest BCUT2D eigenvalue weighted by molar-refractivity contribution is -0.138. The molecule has 2 N–H and O–H groups in total.